The topological polar surface area (TPSA) is 41.1 Å². The van der Waals surface area contributed by atoms with Crippen molar-refractivity contribution in [2.24, 2.45) is 0 Å². The minimum Gasteiger partial charge on any atom is -0.277 e. The zero-order valence-corrected chi connectivity index (χ0v) is 12.6. The Morgan fingerprint density at radius 3 is 2.62 bits per heavy atom. The molecule has 110 valence electrons. The summed E-state index contributed by atoms with van der Waals surface area (Å²) in [6.07, 6.45) is 0. The molecule has 0 bridgehead atoms. The molecule has 1 amide bonds. The van der Waals surface area contributed by atoms with Gasteiger partial charge in [-0.25, -0.2) is 8.78 Å². The van der Waals surface area contributed by atoms with Crippen molar-refractivity contribution in [3.05, 3.63) is 63.6 Å². The molecule has 0 aromatic heterocycles. The molecule has 21 heavy (non-hydrogen) atoms. The predicted molar refractivity (Wildman–Crippen MR) is 79.3 cm³/mol. The second kappa shape index (κ2) is 7.09. The van der Waals surface area contributed by atoms with Crippen molar-refractivity contribution in [1.82, 2.24) is 10.3 Å². The van der Waals surface area contributed by atoms with Crippen molar-refractivity contribution in [2.75, 3.05) is 0 Å². The van der Waals surface area contributed by atoms with E-state index in [2.05, 4.69) is 10.3 Å². The van der Waals surface area contributed by atoms with Gasteiger partial charge in [0.15, 0.2) is 5.82 Å². The van der Waals surface area contributed by atoms with Gasteiger partial charge in [-0.2, -0.15) is 4.83 Å². The van der Waals surface area contributed by atoms with E-state index in [1.165, 1.54) is 0 Å². The van der Waals surface area contributed by atoms with Gasteiger partial charge in [-0.1, -0.05) is 29.3 Å². The van der Waals surface area contributed by atoms with E-state index in [1.807, 2.05) is 0 Å². The van der Waals surface area contributed by atoms with E-state index in [0.717, 1.165) is 29.0 Å². The molecular weight excluding hydrogens is 341 g/mol. The molecular formula is C13H8Cl2F2N2OS. The average Bonchev–Trinajstić information content (AvgIpc) is 2.43. The molecule has 0 unspecified atom stereocenters. The summed E-state index contributed by atoms with van der Waals surface area (Å²) in [5, 5.41) is 0.198. The number of amides is 1. The lowest BCUT2D eigenvalue weighted by atomic mass is 10.2. The number of rotatable bonds is 4. The largest absolute Gasteiger partial charge is 0.277 e. The van der Waals surface area contributed by atoms with Gasteiger partial charge in [0, 0.05) is 9.92 Å². The maximum Gasteiger partial charge on any atom is 0.272 e. The van der Waals surface area contributed by atoms with E-state index in [9.17, 15) is 13.6 Å². The van der Waals surface area contributed by atoms with Crippen molar-refractivity contribution in [1.29, 1.82) is 0 Å². The number of hydrogen-bond donors (Lipinski definition) is 2. The first-order valence-corrected chi connectivity index (χ1v) is 7.17. The monoisotopic (exact) mass is 348 g/mol. The van der Waals surface area contributed by atoms with Crippen LogP contribution in [0.4, 0.5) is 8.78 Å². The highest BCUT2D eigenvalue weighted by Crippen LogP contribution is 2.21. The number of hydrogen-bond acceptors (Lipinski definition) is 3. The van der Waals surface area contributed by atoms with Crippen LogP contribution in [0.5, 0.6) is 0 Å². The van der Waals surface area contributed by atoms with E-state index < -0.39 is 23.1 Å². The van der Waals surface area contributed by atoms with Gasteiger partial charge < -0.3 is 0 Å². The second-order valence-corrected chi connectivity index (χ2v) is 5.56. The van der Waals surface area contributed by atoms with Crippen LogP contribution in [0, 0.1) is 11.6 Å². The lowest BCUT2D eigenvalue weighted by Gasteiger charge is -2.08. The Labute approximate surface area is 133 Å². The van der Waals surface area contributed by atoms with Gasteiger partial charge in [-0.15, -0.1) is 0 Å². The van der Waals surface area contributed by atoms with Gasteiger partial charge in [-0.05, 0) is 42.3 Å². The molecule has 0 spiro atoms. The molecule has 0 heterocycles. The van der Waals surface area contributed by atoms with Gasteiger partial charge in [0.2, 0.25) is 0 Å². The fraction of sp³-hybridized carbons (Fsp3) is 0. The Morgan fingerprint density at radius 1 is 1.14 bits per heavy atom. The van der Waals surface area contributed by atoms with Crippen LogP contribution < -0.4 is 10.3 Å². The number of carbonyl (C=O) groups excluding carboxylic acids is 1. The highest BCUT2D eigenvalue weighted by atomic mass is 35.5. The highest BCUT2D eigenvalue weighted by molar-refractivity contribution is 7.97. The van der Waals surface area contributed by atoms with Gasteiger partial charge in [-0.3, -0.25) is 10.2 Å². The van der Waals surface area contributed by atoms with Gasteiger partial charge >= 0.3 is 0 Å². The van der Waals surface area contributed by atoms with E-state index in [1.54, 1.807) is 24.3 Å². The van der Waals surface area contributed by atoms with Crippen LogP contribution in [0.2, 0.25) is 10.0 Å². The minimum absolute atomic E-state index is 0.330. The maximum atomic E-state index is 13.6. The van der Waals surface area contributed by atoms with Crippen LogP contribution in [0.3, 0.4) is 0 Å². The summed E-state index contributed by atoms with van der Waals surface area (Å²) in [5.74, 6) is -3.07. The summed E-state index contributed by atoms with van der Waals surface area (Å²) in [6, 6.07) is 8.79. The third-order valence-electron chi connectivity index (χ3n) is 2.40. The maximum absolute atomic E-state index is 13.6. The molecule has 2 aromatic carbocycles. The van der Waals surface area contributed by atoms with E-state index in [0.29, 0.717) is 5.02 Å². The van der Waals surface area contributed by atoms with Crippen LogP contribution in [0.15, 0.2) is 41.3 Å². The van der Waals surface area contributed by atoms with E-state index in [-0.39, 0.29) is 5.02 Å². The van der Waals surface area contributed by atoms with Crippen molar-refractivity contribution in [3.8, 4) is 0 Å². The molecule has 0 fully saturated rings. The molecule has 8 heteroatoms. The Balaban J connectivity index is 2.01. The van der Waals surface area contributed by atoms with Crippen molar-refractivity contribution in [3.63, 3.8) is 0 Å². The Morgan fingerprint density at radius 2 is 1.90 bits per heavy atom. The average molecular weight is 349 g/mol. The molecule has 0 aliphatic carbocycles. The molecule has 2 aromatic rings. The smallest absolute Gasteiger partial charge is 0.272 e. The lowest BCUT2D eigenvalue weighted by molar-refractivity contribution is 0.0938. The Bertz CT molecular complexity index is 685. The molecule has 0 aliphatic heterocycles. The summed E-state index contributed by atoms with van der Waals surface area (Å²) < 4.78 is 27.1. The van der Waals surface area contributed by atoms with E-state index >= 15 is 0 Å². The summed E-state index contributed by atoms with van der Waals surface area (Å²) in [4.78, 5) is 14.9. The molecule has 0 atom stereocenters. The second-order valence-electron chi connectivity index (χ2n) is 3.83. The van der Waals surface area contributed by atoms with Gasteiger partial charge in [0.1, 0.15) is 11.4 Å². The van der Waals surface area contributed by atoms with Crippen LogP contribution >= 0.6 is 35.1 Å². The number of hydrazine groups is 1. The SMILES string of the molecule is O=C(NNSc1cccc(Cl)c1)c1c(F)ccc(Cl)c1F. The van der Waals surface area contributed by atoms with Gasteiger partial charge in [0.05, 0.1) is 5.02 Å². The number of carbonyl (C=O) groups is 1. The van der Waals surface area contributed by atoms with Crippen molar-refractivity contribution < 1.29 is 13.6 Å². The molecule has 0 saturated heterocycles. The standard InChI is InChI=1S/C13H8Cl2F2N2OS/c14-7-2-1-3-8(6-7)21-19-18-13(20)11-10(16)5-4-9(15)12(11)17/h1-6,19H,(H,18,20). The normalized spacial score (nSPS) is 10.5. The summed E-state index contributed by atoms with van der Waals surface area (Å²) in [6.45, 7) is 0. The fourth-order valence-electron chi connectivity index (χ4n) is 1.46. The summed E-state index contributed by atoms with van der Waals surface area (Å²) >= 11 is 12.3. The Hall–Kier alpha value is -1.34. The molecule has 0 saturated carbocycles. The highest BCUT2D eigenvalue weighted by Gasteiger charge is 2.19. The van der Waals surface area contributed by atoms with E-state index in [4.69, 9.17) is 23.2 Å². The molecule has 0 radical (unpaired) electrons. The van der Waals surface area contributed by atoms with Crippen LogP contribution in [-0.2, 0) is 0 Å². The number of nitrogens with one attached hydrogen (secondary N) is 2. The fourth-order valence-corrected chi connectivity index (χ4v) is 2.47. The lowest BCUT2D eigenvalue weighted by Crippen LogP contribution is -2.33. The third kappa shape index (κ3) is 4.07. The first-order chi connectivity index (χ1) is 9.99. The number of halogens is 4. The summed E-state index contributed by atoms with van der Waals surface area (Å²) in [7, 11) is 0. The molecule has 0 aliphatic rings. The van der Waals surface area contributed by atoms with Crippen LogP contribution in [0.25, 0.3) is 0 Å². The predicted octanol–water partition coefficient (Wildman–Crippen LogP) is 4.21. The van der Waals surface area contributed by atoms with Crippen LogP contribution in [0.1, 0.15) is 10.4 Å². The first kappa shape index (κ1) is 16.0. The van der Waals surface area contributed by atoms with Crippen molar-refractivity contribution in [2.45, 2.75) is 4.90 Å². The molecule has 3 nitrogen and oxygen atoms in total. The molecule has 2 N–H and O–H groups in total. The summed E-state index contributed by atoms with van der Waals surface area (Å²) in [5.41, 5.74) is 1.42. The van der Waals surface area contributed by atoms with Crippen molar-refractivity contribution >= 4 is 41.1 Å². The quantitative estimate of drug-likeness (QED) is 0.494. The number of benzene rings is 2. The molecule has 2 rings (SSSR count). The van der Waals surface area contributed by atoms with Gasteiger partial charge in [0.25, 0.3) is 5.91 Å². The zero-order chi connectivity index (χ0) is 15.4. The minimum atomic E-state index is -1.11. The zero-order valence-electron chi connectivity index (χ0n) is 10.3. The Kier molecular flexibility index (Phi) is 5.41. The van der Waals surface area contributed by atoms with Crippen LogP contribution in [-0.4, -0.2) is 5.91 Å². The first-order valence-electron chi connectivity index (χ1n) is 5.60. The third-order valence-corrected chi connectivity index (χ3v) is 3.62.